The number of aryl methyl sites for hydroxylation is 1. The van der Waals surface area contributed by atoms with Crippen molar-refractivity contribution in [3.8, 4) is 5.88 Å². The van der Waals surface area contributed by atoms with Crippen LogP contribution in [0.4, 0.5) is 14.9 Å². The summed E-state index contributed by atoms with van der Waals surface area (Å²) in [5.41, 5.74) is 0.865. The number of nitrogens with one attached hydrogen (secondary N) is 1. The minimum absolute atomic E-state index is 0.0646. The third kappa shape index (κ3) is 3.99. The second-order valence-corrected chi connectivity index (χ2v) is 6.08. The Morgan fingerprint density at radius 2 is 2.24 bits per heavy atom. The molecular weight excluding hydrogens is 347 g/mol. The van der Waals surface area contributed by atoms with Gasteiger partial charge in [-0.3, -0.25) is 0 Å². The van der Waals surface area contributed by atoms with E-state index in [0.717, 1.165) is 0 Å². The van der Waals surface area contributed by atoms with Crippen LogP contribution in [0.2, 0.25) is 5.02 Å². The molecule has 1 atom stereocenters. The molecule has 1 aromatic heterocycles. The molecule has 2 heterocycles. The van der Waals surface area contributed by atoms with Crippen LogP contribution >= 0.6 is 11.6 Å². The number of hydrogen-bond acceptors (Lipinski definition) is 4. The Hall–Kier alpha value is -2.41. The molecule has 0 bridgehead atoms. The van der Waals surface area contributed by atoms with Crippen molar-refractivity contribution in [1.82, 2.24) is 14.9 Å². The van der Waals surface area contributed by atoms with E-state index < -0.39 is 5.82 Å². The highest BCUT2D eigenvalue weighted by Crippen LogP contribution is 2.23. The standard InChI is InChI=1S/C17H18ClFN4O2/c1-2-13-15(19)16(21-10-20-13)25-11-7-8-23(9-11)17(24)22-14-6-4-3-5-12(14)18/h3-6,10-11H,2,7-9H2,1H3,(H,22,24)/t11-/m1/s1. The highest BCUT2D eigenvalue weighted by molar-refractivity contribution is 6.33. The predicted octanol–water partition coefficient (Wildman–Crippen LogP) is 3.52. The number of amides is 2. The fourth-order valence-corrected chi connectivity index (χ4v) is 2.82. The summed E-state index contributed by atoms with van der Waals surface area (Å²) in [6.07, 6.45) is 2.03. The number of benzene rings is 1. The summed E-state index contributed by atoms with van der Waals surface area (Å²) in [5.74, 6) is -0.603. The van der Waals surface area contributed by atoms with Gasteiger partial charge in [0.15, 0.2) is 0 Å². The fraction of sp³-hybridized carbons (Fsp3) is 0.353. The maximum absolute atomic E-state index is 14.2. The summed E-state index contributed by atoms with van der Waals surface area (Å²) < 4.78 is 19.8. The topological polar surface area (TPSA) is 67.4 Å². The van der Waals surface area contributed by atoms with Crippen LogP contribution in [-0.4, -0.2) is 40.1 Å². The van der Waals surface area contributed by atoms with Gasteiger partial charge in [-0.05, 0) is 18.6 Å². The monoisotopic (exact) mass is 364 g/mol. The number of carbonyl (C=O) groups is 1. The van der Waals surface area contributed by atoms with E-state index in [9.17, 15) is 9.18 Å². The third-order valence-electron chi connectivity index (χ3n) is 3.99. The largest absolute Gasteiger partial charge is 0.470 e. The molecule has 0 radical (unpaired) electrons. The Morgan fingerprint density at radius 3 is 3.00 bits per heavy atom. The van der Waals surface area contributed by atoms with Gasteiger partial charge in [0.1, 0.15) is 12.4 Å². The molecule has 132 valence electrons. The molecule has 1 saturated heterocycles. The van der Waals surface area contributed by atoms with Gasteiger partial charge in [-0.25, -0.2) is 9.78 Å². The molecule has 1 aliphatic heterocycles. The Bertz CT molecular complexity index is 774. The number of hydrogen-bond donors (Lipinski definition) is 1. The summed E-state index contributed by atoms with van der Waals surface area (Å²) in [6, 6.07) is 6.75. The highest BCUT2D eigenvalue weighted by atomic mass is 35.5. The van der Waals surface area contributed by atoms with E-state index in [-0.39, 0.29) is 18.0 Å². The smallest absolute Gasteiger partial charge is 0.322 e. The molecule has 1 aromatic carbocycles. The minimum Gasteiger partial charge on any atom is -0.470 e. The molecule has 2 amide bonds. The van der Waals surface area contributed by atoms with Gasteiger partial charge < -0.3 is 15.0 Å². The van der Waals surface area contributed by atoms with Crippen molar-refractivity contribution in [2.75, 3.05) is 18.4 Å². The quantitative estimate of drug-likeness (QED) is 0.901. The average molecular weight is 365 g/mol. The first kappa shape index (κ1) is 17.4. The van der Waals surface area contributed by atoms with E-state index in [1.54, 1.807) is 29.2 Å². The van der Waals surface area contributed by atoms with Gasteiger partial charge in [0, 0.05) is 13.0 Å². The first-order chi connectivity index (χ1) is 12.1. The number of nitrogens with zero attached hydrogens (tertiary/aromatic N) is 3. The van der Waals surface area contributed by atoms with Crippen LogP contribution in [-0.2, 0) is 6.42 Å². The number of urea groups is 1. The van der Waals surface area contributed by atoms with Gasteiger partial charge in [0.05, 0.1) is 22.9 Å². The van der Waals surface area contributed by atoms with Crippen molar-refractivity contribution in [3.05, 3.63) is 47.1 Å². The van der Waals surface area contributed by atoms with E-state index in [1.165, 1.54) is 6.33 Å². The molecule has 25 heavy (non-hydrogen) atoms. The molecular formula is C17H18ClFN4O2. The number of aromatic nitrogens is 2. The van der Waals surface area contributed by atoms with E-state index in [1.807, 2.05) is 6.92 Å². The Morgan fingerprint density at radius 1 is 1.44 bits per heavy atom. The highest BCUT2D eigenvalue weighted by Gasteiger charge is 2.29. The lowest BCUT2D eigenvalue weighted by Crippen LogP contribution is -2.34. The van der Waals surface area contributed by atoms with E-state index in [0.29, 0.717) is 42.3 Å². The van der Waals surface area contributed by atoms with Crippen LogP contribution in [0.15, 0.2) is 30.6 Å². The van der Waals surface area contributed by atoms with Gasteiger partial charge in [0.2, 0.25) is 5.82 Å². The SMILES string of the molecule is CCc1ncnc(O[C@@H]2CCN(C(=O)Nc3ccccc3Cl)C2)c1F. The normalized spacial score (nSPS) is 16.8. The van der Waals surface area contributed by atoms with Crippen molar-refractivity contribution < 1.29 is 13.9 Å². The van der Waals surface area contributed by atoms with Crippen molar-refractivity contribution in [2.24, 2.45) is 0 Å². The van der Waals surface area contributed by atoms with Gasteiger partial charge in [-0.1, -0.05) is 30.7 Å². The van der Waals surface area contributed by atoms with Crippen LogP contribution < -0.4 is 10.1 Å². The molecule has 0 saturated carbocycles. The van der Waals surface area contributed by atoms with Crippen LogP contribution in [0.1, 0.15) is 19.0 Å². The van der Waals surface area contributed by atoms with Crippen molar-refractivity contribution in [1.29, 1.82) is 0 Å². The minimum atomic E-state index is -0.538. The molecule has 0 aliphatic carbocycles. The zero-order valence-electron chi connectivity index (χ0n) is 13.7. The second-order valence-electron chi connectivity index (χ2n) is 5.68. The molecule has 1 aliphatic rings. The summed E-state index contributed by atoms with van der Waals surface area (Å²) >= 11 is 6.04. The van der Waals surface area contributed by atoms with Crippen LogP contribution in [0, 0.1) is 5.82 Å². The average Bonchev–Trinajstić information content (AvgIpc) is 3.07. The van der Waals surface area contributed by atoms with Gasteiger partial charge >= 0.3 is 6.03 Å². The maximum Gasteiger partial charge on any atom is 0.322 e. The summed E-state index contributed by atoms with van der Waals surface area (Å²) in [7, 11) is 0. The first-order valence-corrected chi connectivity index (χ1v) is 8.42. The maximum atomic E-state index is 14.2. The number of anilines is 1. The number of rotatable bonds is 4. The number of ether oxygens (including phenoxy) is 1. The summed E-state index contributed by atoms with van der Waals surface area (Å²) in [4.78, 5) is 21.7. The lowest BCUT2D eigenvalue weighted by Gasteiger charge is -2.18. The van der Waals surface area contributed by atoms with Gasteiger partial charge in [-0.2, -0.15) is 9.37 Å². The molecule has 1 N–H and O–H groups in total. The zero-order chi connectivity index (χ0) is 17.8. The first-order valence-electron chi connectivity index (χ1n) is 8.05. The second kappa shape index (κ2) is 7.65. The number of likely N-dealkylation sites (tertiary alicyclic amines) is 1. The van der Waals surface area contributed by atoms with Crippen molar-refractivity contribution in [2.45, 2.75) is 25.9 Å². The molecule has 1 fully saturated rings. The molecule has 2 aromatic rings. The molecule has 0 spiro atoms. The van der Waals surface area contributed by atoms with Crippen LogP contribution in [0.3, 0.4) is 0 Å². The molecule has 8 heteroatoms. The van der Waals surface area contributed by atoms with Crippen LogP contribution in [0.5, 0.6) is 5.88 Å². The predicted molar refractivity (Wildman–Crippen MR) is 92.4 cm³/mol. The fourth-order valence-electron chi connectivity index (χ4n) is 2.64. The Labute approximate surface area is 150 Å². The lowest BCUT2D eigenvalue weighted by molar-refractivity contribution is 0.182. The summed E-state index contributed by atoms with van der Waals surface area (Å²) in [5, 5.41) is 3.24. The Kier molecular flexibility index (Phi) is 5.33. The van der Waals surface area contributed by atoms with Gasteiger partial charge in [-0.15, -0.1) is 0 Å². The molecule has 0 unspecified atom stereocenters. The summed E-state index contributed by atoms with van der Waals surface area (Å²) in [6.45, 7) is 2.67. The lowest BCUT2D eigenvalue weighted by atomic mass is 10.3. The van der Waals surface area contributed by atoms with E-state index >= 15 is 0 Å². The van der Waals surface area contributed by atoms with Gasteiger partial charge in [0.25, 0.3) is 5.88 Å². The molecule has 6 nitrogen and oxygen atoms in total. The van der Waals surface area contributed by atoms with Crippen molar-refractivity contribution in [3.63, 3.8) is 0 Å². The number of carbonyl (C=O) groups excluding carboxylic acids is 1. The third-order valence-corrected chi connectivity index (χ3v) is 4.32. The van der Waals surface area contributed by atoms with Crippen LogP contribution in [0.25, 0.3) is 0 Å². The number of para-hydroxylation sites is 1. The Balaban J connectivity index is 1.60. The number of halogens is 2. The molecule has 3 rings (SSSR count). The van der Waals surface area contributed by atoms with Crippen molar-refractivity contribution >= 4 is 23.3 Å². The van der Waals surface area contributed by atoms with E-state index in [2.05, 4.69) is 15.3 Å². The zero-order valence-corrected chi connectivity index (χ0v) is 14.5. The van der Waals surface area contributed by atoms with E-state index in [4.69, 9.17) is 16.3 Å².